The van der Waals surface area contributed by atoms with Crippen LogP contribution in [0.2, 0.25) is 0 Å². The molecule has 0 saturated carbocycles. The van der Waals surface area contributed by atoms with Crippen LogP contribution in [0.3, 0.4) is 0 Å². The van der Waals surface area contributed by atoms with Gasteiger partial charge in [-0.25, -0.2) is 9.97 Å². The summed E-state index contributed by atoms with van der Waals surface area (Å²) in [6.07, 6.45) is 19.5. The Balaban J connectivity index is 2.14. The Kier molecular flexibility index (Phi) is 1.88. The number of nitrogens with zero attached hydrogens (tertiary/aromatic N) is 3. The minimum atomic E-state index is 0.828. The van der Waals surface area contributed by atoms with Crippen molar-refractivity contribution >= 4 is 24.4 Å². The summed E-state index contributed by atoms with van der Waals surface area (Å²) in [6, 6.07) is 0. The number of hydrogen-bond acceptors (Lipinski definition) is 2. The molecule has 0 aromatic heterocycles. The quantitative estimate of drug-likeness (QED) is 0.688. The molecule has 0 atom stereocenters. The zero-order valence-electron chi connectivity index (χ0n) is 9.74. The van der Waals surface area contributed by atoms with Crippen molar-refractivity contribution in [3.63, 3.8) is 0 Å². The lowest BCUT2D eigenvalue weighted by atomic mass is 10.1. The van der Waals surface area contributed by atoms with E-state index < -0.39 is 0 Å². The van der Waals surface area contributed by atoms with Gasteiger partial charge in [0.05, 0.1) is 5.69 Å². The predicted octanol–water partition coefficient (Wildman–Crippen LogP) is 1.40. The summed E-state index contributed by atoms with van der Waals surface area (Å²) in [5.41, 5.74) is 3.06. The number of fused-ring (bicyclic) bond motifs is 4. The largest absolute Gasteiger partial charge is 0.308 e. The van der Waals surface area contributed by atoms with Crippen molar-refractivity contribution in [3.05, 3.63) is 46.9 Å². The van der Waals surface area contributed by atoms with E-state index in [2.05, 4.69) is 34.4 Å². The number of allylic oxidation sites excluding steroid dienone is 4. The second-order valence-electron chi connectivity index (χ2n) is 4.39. The van der Waals surface area contributed by atoms with E-state index in [1.165, 1.54) is 5.22 Å². The van der Waals surface area contributed by atoms with Gasteiger partial charge >= 0.3 is 0 Å². The van der Waals surface area contributed by atoms with E-state index >= 15 is 0 Å². The molecule has 0 radical (unpaired) electrons. The Morgan fingerprint density at radius 2 is 2.11 bits per heavy atom. The first kappa shape index (κ1) is 9.59. The maximum absolute atomic E-state index is 4.62. The molecule has 3 aliphatic heterocycles. The number of aromatic nitrogens is 3. The molecule has 18 heavy (non-hydrogen) atoms. The molecule has 86 valence electrons. The molecule has 0 aromatic rings. The third-order valence-electron chi connectivity index (χ3n) is 3.23. The van der Waals surface area contributed by atoms with Crippen LogP contribution in [-0.2, 0) is 0 Å². The van der Waals surface area contributed by atoms with Crippen LogP contribution in [0.5, 0.6) is 0 Å². The van der Waals surface area contributed by atoms with E-state index in [9.17, 15) is 0 Å². The van der Waals surface area contributed by atoms with E-state index in [0.717, 1.165) is 29.0 Å². The van der Waals surface area contributed by atoms with Crippen molar-refractivity contribution in [2.45, 2.75) is 6.42 Å². The summed E-state index contributed by atoms with van der Waals surface area (Å²) in [4.78, 5) is 9.20. The molecule has 0 N–H and O–H groups in total. The average molecular weight is 233 g/mol. The Hall–Kier alpha value is -2.42. The predicted molar refractivity (Wildman–Crippen MR) is 72.9 cm³/mol. The van der Waals surface area contributed by atoms with Crippen LogP contribution >= 0.6 is 0 Å². The monoisotopic (exact) mass is 233 g/mol. The van der Waals surface area contributed by atoms with E-state index in [0.29, 0.717) is 0 Å². The maximum atomic E-state index is 4.62. The molecule has 4 aliphatic rings. The number of rotatable bonds is 0. The van der Waals surface area contributed by atoms with Crippen LogP contribution in [-0.4, -0.2) is 14.5 Å². The van der Waals surface area contributed by atoms with Gasteiger partial charge in [0, 0.05) is 23.2 Å². The van der Waals surface area contributed by atoms with E-state index in [-0.39, 0.29) is 0 Å². The SMILES string of the molecule is C1=CC=c2nc3nc4c(c-3cn2C=C1)=CCC=C4. The van der Waals surface area contributed by atoms with Gasteiger partial charge in [0.1, 0.15) is 5.48 Å². The summed E-state index contributed by atoms with van der Waals surface area (Å²) in [5.74, 6) is 0.828. The number of hydrogen-bond donors (Lipinski definition) is 0. The summed E-state index contributed by atoms with van der Waals surface area (Å²) in [5, 5.41) is 1.21. The third kappa shape index (κ3) is 1.31. The Morgan fingerprint density at radius 3 is 3.11 bits per heavy atom. The molecular formula is C15H11N3. The molecule has 0 spiro atoms. The lowest BCUT2D eigenvalue weighted by molar-refractivity contribution is 0.965. The molecule has 0 saturated heterocycles. The third-order valence-corrected chi connectivity index (χ3v) is 3.23. The van der Waals surface area contributed by atoms with Gasteiger partial charge in [-0.15, -0.1) is 0 Å². The second-order valence-corrected chi connectivity index (χ2v) is 4.39. The van der Waals surface area contributed by atoms with Crippen LogP contribution in [0, 0.1) is 0 Å². The Morgan fingerprint density at radius 1 is 1.11 bits per heavy atom. The maximum Gasteiger partial charge on any atom is 0.164 e. The van der Waals surface area contributed by atoms with E-state index in [1.54, 1.807) is 0 Å². The Bertz CT molecular complexity index is 803. The normalized spacial score (nSPS) is 15.8. The van der Waals surface area contributed by atoms with Crippen LogP contribution < -0.4 is 10.7 Å². The smallest absolute Gasteiger partial charge is 0.164 e. The average Bonchev–Trinajstić information content (AvgIpc) is 2.59. The van der Waals surface area contributed by atoms with E-state index in [4.69, 9.17) is 0 Å². The van der Waals surface area contributed by atoms with Gasteiger partial charge in [0.25, 0.3) is 0 Å². The van der Waals surface area contributed by atoms with Gasteiger partial charge in [0.15, 0.2) is 5.82 Å². The Labute approximate surface area is 104 Å². The molecule has 3 heteroatoms. The van der Waals surface area contributed by atoms with Crippen molar-refractivity contribution in [1.29, 1.82) is 0 Å². The van der Waals surface area contributed by atoms with Gasteiger partial charge in [-0.2, -0.15) is 0 Å². The minimum absolute atomic E-state index is 0.828. The summed E-state index contributed by atoms with van der Waals surface area (Å²) >= 11 is 0. The first-order chi connectivity index (χ1) is 8.92. The molecule has 0 amide bonds. The van der Waals surface area contributed by atoms with Crippen molar-refractivity contribution in [2.75, 3.05) is 0 Å². The van der Waals surface area contributed by atoms with Gasteiger partial charge in [-0.3, -0.25) is 0 Å². The highest BCUT2D eigenvalue weighted by Crippen LogP contribution is 2.16. The molecule has 3 heterocycles. The standard InChI is InChI=1S/C15H11N3/c1-2-8-14-17-15-12(10-18(14)9-5-1)11-6-3-4-7-13(11)16-15/h1-2,4-10H,3H2. The van der Waals surface area contributed by atoms with Gasteiger partial charge in [-0.1, -0.05) is 24.3 Å². The highest BCUT2D eigenvalue weighted by Gasteiger charge is 2.15. The summed E-state index contributed by atoms with van der Waals surface area (Å²) in [6.45, 7) is 0. The highest BCUT2D eigenvalue weighted by atomic mass is 15.0. The van der Waals surface area contributed by atoms with Crippen molar-refractivity contribution in [2.24, 2.45) is 0 Å². The molecule has 0 bridgehead atoms. The van der Waals surface area contributed by atoms with Gasteiger partial charge < -0.3 is 4.57 Å². The molecule has 3 nitrogen and oxygen atoms in total. The van der Waals surface area contributed by atoms with Crippen LogP contribution in [0.4, 0.5) is 0 Å². The van der Waals surface area contributed by atoms with Crippen LogP contribution in [0.25, 0.3) is 35.8 Å². The minimum Gasteiger partial charge on any atom is -0.308 e. The first-order valence-corrected chi connectivity index (χ1v) is 6.02. The molecule has 1 aliphatic carbocycles. The lowest BCUT2D eigenvalue weighted by Gasteiger charge is -2.04. The fourth-order valence-corrected chi connectivity index (χ4v) is 2.37. The lowest BCUT2D eigenvalue weighted by Crippen LogP contribution is -2.22. The van der Waals surface area contributed by atoms with Crippen molar-refractivity contribution in [3.8, 4) is 11.4 Å². The zero-order valence-corrected chi connectivity index (χ0v) is 9.74. The van der Waals surface area contributed by atoms with Crippen LogP contribution in [0.1, 0.15) is 12.1 Å². The first-order valence-electron chi connectivity index (χ1n) is 6.02. The fraction of sp³-hybridized carbons (Fsp3) is 0.0667. The van der Waals surface area contributed by atoms with Crippen LogP contribution in [0.15, 0.2) is 30.5 Å². The summed E-state index contributed by atoms with van der Waals surface area (Å²) in [7, 11) is 0. The molecular weight excluding hydrogens is 222 g/mol. The molecule has 4 rings (SSSR count). The molecule has 0 aromatic carbocycles. The van der Waals surface area contributed by atoms with E-state index in [1.807, 2.05) is 35.1 Å². The molecule has 0 fully saturated rings. The van der Waals surface area contributed by atoms with Crippen molar-refractivity contribution in [1.82, 2.24) is 14.5 Å². The van der Waals surface area contributed by atoms with Crippen molar-refractivity contribution < 1.29 is 0 Å². The summed E-state index contributed by atoms with van der Waals surface area (Å²) < 4.78 is 2.04. The topological polar surface area (TPSA) is 30.7 Å². The van der Waals surface area contributed by atoms with Gasteiger partial charge in [0.2, 0.25) is 0 Å². The zero-order chi connectivity index (χ0) is 11.9. The van der Waals surface area contributed by atoms with Gasteiger partial charge in [-0.05, 0) is 24.6 Å². The fourth-order valence-electron chi connectivity index (χ4n) is 2.37. The molecule has 0 unspecified atom stereocenters. The second kappa shape index (κ2) is 3.53. The highest BCUT2D eigenvalue weighted by molar-refractivity contribution is 5.69.